The lowest BCUT2D eigenvalue weighted by Gasteiger charge is -2.40. The molecule has 10 heteroatoms. The third-order valence-corrected chi connectivity index (χ3v) is 9.19. The summed E-state index contributed by atoms with van der Waals surface area (Å²) in [5.41, 5.74) is 4.79. The fourth-order valence-corrected chi connectivity index (χ4v) is 6.94. The van der Waals surface area contributed by atoms with Crippen molar-refractivity contribution in [2.45, 2.75) is 59.6 Å². The molecule has 4 rings (SSSR count). The van der Waals surface area contributed by atoms with E-state index in [1.54, 1.807) is 24.4 Å². The number of hydrogen-bond acceptors (Lipinski definition) is 8. The average molecular weight is 554 g/mol. The smallest absolute Gasteiger partial charge is 0.226 e. The van der Waals surface area contributed by atoms with Crippen LogP contribution in [-0.2, 0) is 19.4 Å². The van der Waals surface area contributed by atoms with E-state index in [9.17, 15) is 13.2 Å². The van der Waals surface area contributed by atoms with E-state index in [-0.39, 0.29) is 40.9 Å². The topological polar surface area (TPSA) is 114 Å². The second-order valence-corrected chi connectivity index (χ2v) is 13.8. The zero-order chi connectivity index (χ0) is 28.5. The molecule has 1 fully saturated rings. The lowest BCUT2D eigenvalue weighted by molar-refractivity contribution is -0.139. The molecule has 0 radical (unpaired) electrons. The number of ether oxygens (including phenoxy) is 1. The van der Waals surface area contributed by atoms with Gasteiger partial charge < -0.3 is 15.0 Å². The predicted octanol–water partition coefficient (Wildman–Crippen LogP) is 5.15. The van der Waals surface area contributed by atoms with Crippen molar-refractivity contribution < 1.29 is 17.9 Å². The fourth-order valence-electron chi connectivity index (χ4n) is 5.45. The molecule has 0 spiro atoms. The van der Waals surface area contributed by atoms with E-state index in [2.05, 4.69) is 36.1 Å². The van der Waals surface area contributed by atoms with Gasteiger partial charge in [-0.15, -0.1) is 0 Å². The van der Waals surface area contributed by atoms with Crippen LogP contribution in [-0.4, -0.2) is 59.8 Å². The Bertz CT molecular complexity index is 1440. The van der Waals surface area contributed by atoms with E-state index in [1.165, 1.54) is 0 Å². The number of fused-ring (bicyclic) bond motifs is 1. The van der Waals surface area contributed by atoms with E-state index >= 15 is 0 Å². The lowest BCUT2D eigenvalue weighted by Crippen LogP contribution is -2.43. The minimum absolute atomic E-state index is 0.0183. The third kappa shape index (κ3) is 6.38. The monoisotopic (exact) mass is 553 g/mol. The number of sulfone groups is 1. The summed E-state index contributed by atoms with van der Waals surface area (Å²) in [4.78, 5) is 29.2. The summed E-state index contributed by atoms with van der Waals surface area (Å²) in [5.74, 6) is 0.478. The molecule has 1 aliphatic rings. The predicted molar refractivity (Wildman–Crippen MR) is 154 cm³/mol. The van der Waals surface area contributed by atoms with Crippen molar-refractivity contribution in [2.24, 2.45) is 11.3 Å². The van der Waals surface area contributed by atoms with Crippen LogP contribution in [0.5, 0.6) is 0 Å². The van der Waals surface area contributed by atoms with Gasteiger partial charge in [0, 0.05) is 37.5 Å². The summed E-state index contributed by atoms with van der Waals surface area (Å²) in [6.45, 7) is 10.2. The number of methoxy groups -OCH3 is 1. The Morgan fingerprint density at radius 2 is 1.79 bits per heavy atom. The second kappa shape index (κ2) is 11.2. The summed E-state index contributed by atoms with van der Waals surface area (Å²) in [6.07, 6.45) is 4.10. The Hall–Kier alpha value is -3.11. The summed E-state index contributed by atoms with van der Waals surface area (Å²) in [6, 6.07) is 7.54. The molecule has 3 aromatic heterocycles. The minimum atomic E-state index is -3.04. The average Bonchev–Trinajstić information content (AvgIpc) is 2.88. The Kier molecular flexibility index (Phi) is 8.28. The second-order valence-electron chi connectivity index (χ2n) is 11.5. The molecular formula is C29H39N5O4S. The molecule has 0 bridgehead atoms. The van der Waals surface area contributed by atoms with Gasteiger partial charge in [0.15, 0.2) is 0 Å². The lowest BCUT2D eigenvalue weighted by atomic mass is 9.81. The van der Waals surface area contributed by atoms with Crippen LogP contribution >= 0.6 is 0 Å². The van der Waals surface area contributed by atoms with E-state index in [0.717, 1.165) is 33.5 Å². The molecule has 210 valence electrons. The van der Waals surface area contributed by atoms with Gasteiger partial charge in [0.1, 0.15) is 15.7 Å². The first-order valence-corrected chi connectivity index (χ1v) is 15.1. The molecule has 9 nitrogen and oxygen atoms in total. The standard InChI is InChI=1S/C29H39N5O4S/c1-18-8-10-22-26(32-18)25(19(2)38-7)23(17-30-22)33-24-11-9-21(16-31-24)27(29(3,4)5)34(6)28(35)20-12-14-39(36,37)15-13-20/h8-11,16-17,19-20,27H,12-15H2,1-7H3,(H,31,33)/t19-,27-/m0/s1. The van der Waals surface area contributed by atoms with Crippen molar-refractivity contribution in [1.29, 1.82) is 0 Å². The van der Waals surface area contributed by atoms with Crippen molar-refractivity contribution in [3.63, 3.8) is 0 Å². The quantitative estimate of drug-likeness (QED) is 0.427. The number of rotatable bonds is 7. The number of nitrogens with one attached hydrogen (secondary N) is 1. The maximum absolute atomic E-state index is 13.4. The van der Waals surface area contributed by atoms with Gasteiger partial charge in [-0.25, -0.2) is 13.4 Å². The summed E-state index contributed by atoms with van der Waals surface area (Å²) in [7, 11) is 0.439. The van der Waals surface area contributed by atoms with Crippen LogP contribution in [0.25, 0.3) is 11.0 Å². The number of aryl methyl sites for hydroxylation is 1. The highest BCUT2D eigenvalue weighted by atomic mass is 32.2. The van der Waals surface area contributed by atoms with Crippen molar-refractivity contribution in [3.8, 4) is 0 Å². The van der Waals surface area contributed by atoms with E-state index in [1.807, 2.05) is 45.2 Å². The maximum atomic E-state index is 13.4. The maximum Gasteiger partial charge on any atom is 0.226 e. The Labute approximate surface area is 231 Å². The first-order chi connectivity index (χ1) is 18.3. The van der Waals surface area contributed by atoms with Crippen LogP contribution in [0.15, 0.2) is 36.7 Å². The third-order valence-electron chi connectivity index (χ3n) is 7.48. The Morgan fingerprint density at radius 3 is 2.38 bits per heavy atom. The van der Waals surface area contributed by atoms with Crippen molar-refractivity contribution in [2.75, 3.05) is 31.0 Å². The first-order valence-electron chi connectivity index (χ1n) is 13.3. The van der Waals surface area contributed by atoms with Gasteiger partial charge in [-0.1, -0.05) is 26.8 Å². The molecular weight excluding hydrogens is 514 g/mol. The Morgan fingerprint density at radius 1 is 1.10 bits per heavy atom. The molecule has 0 unspecified atom stereocenters. The largest absolute Gasteiger partial charge is 0.377 e. The number of nitrogens with zero attached hydrogens (tertiary/aromatic N) is 4. The highest BCUT2D eigenvalue weighted by Crippen LogP contribution is 2.39. The molecule has 0 aliphatic carbocycles. The van der Waals surface area contributed by atoms with Crippen molar-refractivity contribution in [1.82, 2.24) is 19.9 Å². The number of pyridine rings is 3. The summed E-state index contributed by atoms with van der Waals surface area (Å²) < 4.78 is 29.4. The van der Waals surface area contributed by atoms with Crippen LogP contribution in [0.3, 0.4) is 0 Å². The molecule has 1 amide bonds. The Balaban J connectivity index is 1.60. The van der Waals surface area contributed by atoms with Crippen LogP contribution < -0.4 is 5.32 Å². The number of hydrogen-bond donors (Lipinski definition) is 1. The SMILES string of the molecule is CO[C@@H](C)c1c(Nc2ccc([C@H](N(C)C(=O)C3CCS(=O)(=O)CC3)C(C)(C)C)cn2)cnc2ccc(C)nc12. The van der Waals surface area contributed by atoms with E-state index in [0.29, 0.717) is 18.7 Å². The highest BCUT2D eigenvalue weighted by molar-refractivity contribution is 7.91. The summed E-state index contributed by atoms with van der Waals surface area (Å²) in [5, 5.41) is 3.38. The molecule has 0 aromatic carbocycles. The zero-order valence-electron chi connectivity index (χ0n) is 23.9. The van der Waals surface area contributed by atoms with Gasteiger partial charge in [-0.05, 0) is 55.9 Å². The molecule has 39 heavy (non-hydrogen) atoms. The van der Waals surface area contributed by atoms with E-state index < -0.39 is 9.84 Å². The molecule has 3 aromatic rings. The van der Waals surface area contributed by atoms with Crippen LogP contribution in [0.4, 0.5) is 11.5 Å². The number of anilines is 2. The van der Waals surface area contributed by atoms with Crippen LogP contribution in [0, 0.1) is 18.3 Å². The van der Waals surface area contributed by atoms with Crippen LogP contribution in [0.2, 0.25) is 0 Å². The van der Waals surface area contributed by atoms with Gasteiger partial charge in [0.2, 0.25) is 5.91 Å². The molecule has 1 saturated heterocycles. The molecule has 2 atom stereocenters. The molecule has 4 heterocycles. The normalized spacial score (nSPS) is 17.5. The fraction of sp³-hybridized carbons (Fsp3) is 0.517. The number of carbonyl (C=O) groups excluding carboxylic acids is 1. The molecule has 1 aliphatic heterocycles. The zero-order valence-corrected chi connectivity index (χ0v) is 24.7. The number of aromatic nitrogens is 3. The van der Waals surface area contributed by atoms with Gasteiger partial charge in [-0.3, -0.25) is 14.8 Å². The number of carbonyl (C=O) groups is 1. The van der Waals surface area contributed by atoms with Gasteiger partial charge in [0.05, 0.1) is 46.6 Å². The molecule has 0 saturated carbocycles. The highest BCUT2D eigenvalue weighted by Gasteiger charge is 2.37. The van der Waals surface area contributed by atoms with Gasteiger partial charge in [0.25, 0.3) is 0 Å². The van der Waals surface area contributed by atoms with Crippen LogP contribution in [0.1, 0.15) is 69.5 Å². The van der Waals surface area contributed by atoms with Crippen molar-refractivity contribution in [3.05, 3.63) is 53.5 Å². The number of amides is 1. The van der Waals surface area contributed by atoms with E-state index in [4.69, 9.17) is 9.72 Å². The molecule has 1 N–H and O–H groups in total. The van der Waals surface area contributed by atoms with Gasteiger partial charge in [-0.2, -0.15) is 0 Å². The van der Waals surface area contributed by atoms with Gasteiger partial charge >= 0.3 is 0 Å². The van der Waals surface area contributed by atoms with Crippen molar-refractivity contribution >= 4 is 38.3 Å². The first kappa shape index (κ1) is 28.9. The minimum Gasteiger partial charge on any atom is -0.377 e. The summed E-state index contributed by atoms with van der Waals surface area (Å²) >= 11 is 0.